The molecule has 2 saturated heterocycles. The SMILES string of the molecule is COc1cccc(C(=O)N2CCOC3(C2)CN(C(=O)C(C)(C)C#N)C3)c1C. The molecule has 144 valence electrons. The van der Waals surface area contributed by atoms with E-state index in [1.165, 1.54) is 0 Å². The molecule has 3 rings (SSSR count). The molecule has 27 heavy (non-hydrogen) atoms. The van der Waals surface area contributed by atoms with Crippen LogP contribution in [0.4, 0.5) is 0 Å². The molecule has 0 aromatic heterocycles. The first kappa shape index (κ1) is 19.2. The molecule has 7 heteroatoms. The summed E-state index contributed by atoms with van der Waals surface area (Å²) in [6, 6.07) is 7.48. The van der Waals surface area contributed by atoms with Crippen molar-refractivity contribution in [2.75, 3.05) is 39.9 Å². The van der Waals surface area contributed by atoms with Gasteiger partial charge in [0.15, 0.2) is 0 Å². The summed E-state index contributed by atoms with van der Waals surface area (Å²) in [5.41, 5.74) is -0.165. The van der Waals surface area contributed by atoms with E-state index >= 15 is 0 Å². The molecule has 0 atom stereocenters. The third-order valence-corrected chi connectivity index (χ3v) is 5.33. The maximum atomic E-state index is 13.0. The minimum absolute atomic E-state index is 0.0591. The number of hydrogen-bond acceptors (Lipinski definition) is 5. The quantitative estimate of drug-likeness (QED) is 0.806. The molecule has 2 heterocycles. The van der Waals surface area contributed by atoms with Crippen LogP contribution in [0.5, 0.6) is 5.75 Å². The van der Waals surface area contributed by atoms with E-state index in [4.69, 9.17) is 14.7 Å². The van der Waals surface area contributed by atoms with Crippen LogP contribution in [0.15, 0.2) is 18.2 Å². The smallest absolute Gasteiger partial charge is 0.254 e. The van der Waals surface area contributed by atoms with Gasteiger partial charge < -0.3 is 19.3 Å². The van der Waals surface area contributed by atoms with Crippen LogP contribution in [0.2, 0.25) is 0 Å². The molecular weight excluding hydrogens is 346 g/mol. The number of rotatable bonds is 3. The largest absolute Gasteiger partial charge is 0.496 e. The molecule has 2 amide bonds. The van der Waals surface area contributed by atoms with Crippen molar-refractivity contribution in [1.82, 2.24) is 9.80 Å². The van der Waals surface area contributed by atoms with Crippen molar-refractivity contribution in [2.45, 2.75) is 26.4 Å². The molecule has 2 aliphatic rings. The van der Waals surface area contributed by atoms with Gasteiger partial charge in [-0.3, -0.25) is 9.59 Å². The molecule has 0 N–H and O–H groups in total. The number of carbonyl (C=O) groups excluding carboxylic acids is 2. The van der Waals surface area contributed by atoms with Crippen LogP contribution in [-0.4, -0.2) is 67.1 Å². The lowest BCUT2D eigenvalue weighted by molar-refractivity contribution is -0.190. The maximum Gasteiger partial charge on any atom is 0.254 e. The summed E-state index contributed by atoms with van der Waals surface area (Å²) in [7, 11) is 1.59. The lowest BCUT2D eigenvalue weighted by Gasteiger charge is -2.54. The highest BCUT2D eigenvalue weighted by Gasteiger charge is 2.52. The lowest BCUT2D eigenvalue weighted by atomic mass is 9.86. The van der Waals surface area contributed by atoms with Crippen LogP contribution < -0.4 is 4.74 Å². The fourth-order valence-corrected chi connectivity index (χ4v) is 3.68. The normalized spacial score (nSPS) is 18.6. The Morgan fingerprint density at radius 3 is 2.56 bits per heavy atom. The highest BCUT2D eigenvalue weighted by Crippen LogP contribution is 2.33. The Labute approximate surface area is 159 Å². The molecule has 7 nitrogen and oxygen atoms in total. The van der Waals surface area contributed by atoms with Gasteiger partial charge in [0.25, 0.3) is 5.91 Å². The van der Waals surface area contributed by atoms with E-state index in [2.05, 4.69) is 0 Å². The number of likely N-dealkylation sites (tertiary alicyclic amines) is 1. The molecule has 1 aromatic rings. The fraction of sp³-hybridized carbons (Fsp3) is 0.550. The second-order valence-electron chi connectivity index (χ2n) is 7.79. The number of methoxy groups -OCH3 is 1. The summed E-state index contributed by atoms with van der Waals surface area (Å²) in [6.07, 6.45) is 0. The topological polar surface area (TPSA) is 82.9 Å². The first-order valence-electron chi connectivity index (χ1n) is 9.00. The van der Waals surface area contributed by atoms with E-state index in [0.717, 1.165) is 5.56 Å². The van der Waals surface area contributed by atoms with Crippen LogP contribution in [0.1, 0.15) is 29.8 Å². The van der Waals surface area contributed by atoms with Crippen molar-refractivity contribution in [2.24, 2.45) is 5.41 Å². The lowest BCUT2D eigenvalue weighted by Crippen LogP contribution is -2.72. The monoisotopic (exact) mass is 371 g/mol. The Kier molecular flexibility index (Phi) is 4.87. The van der Waals surface area contributed by atoms with E-state index in [1.54, 1.807) is 36.8 Å². The van der Waals surface area contributed by atoms with Crippen molar-refractivity contribution >= 4 is 11.8 Å². The van der Waals surface area contributed by atoms with Gasteiger partial charge in [0.1, 0.15) is 16.8 Å². The number of carbonyl (C=O) groups is 2. The van der Waals surface area contributed by atoms with E-state index < -0.39 is 11.0 Å². The van der Waals surface area contributed by atoms with Gasteiger partial charge in [0.05, 0.1) is 39.4 Å². The molecule has 0 aliphatic carbocycles. The van der Waals surface area contributed by atoms with Crippen LogP contribution in [0.3, 0.4) is 0 Å². The van der Waals surface area contributed by atoms with Crippen LogP contribution in [0.25, 0.3) is 0 Å². The average Bonchev–Trinajstić information content (AvgIpc) is 2.65. The highest BCUT2D eigenvalue weighted by molar-refractivity contribution is 5.96. The first-order chi connectivity index (χ1) is 12.7. The number of nitrogens with zero attached hydrogens (tertiary/aromatic N) is 3. The zero-order chi connectivity index (χ0) is 19.8. The predicted molar refractivity (Wildman–Crippen MR) is 98.3 cm³/mol. The fourth-order valence-electron chi connectivity index (χ4n) is 3.68. The first-order valence-corrected chi connectivity index (χ1v) is 9.00. The van der Waals surface area contributed by atoms with Crippen molar-refractivity contribution in [3.63, 3.8) is 0 Å². The number of amides is 2. The Morgan fingerprint density at radius 1 is 1.26 bits per heavy atom. The van der Waals surface area contributed by atoms with Crippen molar-refractivity contribution in [3.8, 4) is 11.8 Å². The molecule has 1 spiro atoms. The Hall–Kier alpha value is -2.59. The zero-order valence-corrected chi connectivity index (χ0v) is 16.2. The molecule has 0 saturated carbocycles. The van der Waals surface area contributed by atoms with Gasteiger partial charge in [-0.2, -0.15) is 5.26 Å². The average molecular weight is 371 g/mol. The molecule has 1 aromatic carbocycles. The number of hydrogen-bond donors (Lipinski definition) is 0. The minimum atomic E-state index is -1.05. The summed E-state index contributed by atoms with van der Waals surface area (Å²) in [4.78, 5) is 28.9. The van der Waals surface area contributed by atoms with Gasteiger partial charge in [0, 0.05) is 17.7 Å². The Balaban J connectivity index is 1.70. The van der Waals surface area contributed by atoms with Crippen molar-refractivity contribution < 1.29 is 19.1 Å². The van der Waals surface area contributed by atoms with Gasteiger partial charge in [-0.25, -0.2) is 0 Å². The second-order valence-corrected chi connectivity index (χ2v) is 7.79. The molecule has 2 aliphatic heterocycles. The number of ether oxygens (including phenoxy) is 2. The van der Waals surface area contributed by atoms with Gasteiger partial charge >= 0.3 is 0 Å². The Morgan fingerprint density at radius 2 is 1.93 bits per heavy atom. The summed E-state index contributed by atoms with van der Waals surface area (Å²) in [6.45, 7) is 7.27. The molecular formula is C20H25N3O4. The van der Waals surface area contributed by atoms with Crippen molar-refractivity contribution in [3.05, 3.63) is 29.3 Å². The van der Waals surface area contributed by atoms with Gasteiger partial charge in [0.2, 0.25) is 5.91 Å². The maximum absolute atomic E-state index is 13.0. The molecule has 0 bridgehead atoms. The van der Waals surface area contributed by atoms with Crippen LogP contribution >= 0.6 is 0 Å². The molecule has 0 radical (unpaired) electrons. The van der Waals surface area contributed by atoms with E-state index in [1.807, 2.05) is 25.1 Å². The van der Waals surface area contributed by atoms with E-state index in [0.29, 0.717) is 44.1 Å². The summed E-state index contributed by atoms with van der Waals surface area (Å²) >= 11 is 0. The van der Waals surface area contributed by atoms with E-state index in [-0.39, 0.29) is 11.8 Å². The van der Waals surface area contributed by atoms with Crippen LogP contribution in [-0.2, 0) is 9.53 Å². The number of benzene rings is 1. The number of morpholine rings is 1. The Bertz CT molecular complexity index is 806. The van der Waals surface area contributed by atoms with Crippen LogP contribution in [0, 0.1) is 23.7 Å². The van der Waals surface area contributed by atoms with Gasteiger partial charge in [-0.1, -0.05) is 6.07 Å². The van der Waals surface area contributed by atoms with Gasteiger partial charge in [-0.05, 0) is 32.9 Å². The zero-order valence-electron chi connectivity index (χ0n) is 16.2. The molecule has 2 fully saturated rings. The molecule has 0 unspecified atom stereocenters. The standard InChI is InChI=1S/C20H25N3O4/c1-14-15(6-5-7-16(14)26-4)17(24)22-8-9-27-20(11-22)12-23(13-20)18(25)19(2,3)10-21/h5-7H,8-9,11-13H2,1-4H3. The third-order valence-electron chi connectivity index (χ3n) is 5.33. The third kappa shape index (κ3) is 3.37. The van der Waals surface area contributed by atoms with Crippen molar-refractivity contribution in [1.29, 1.82) is 5.26 Å². The second kappa shape index (κ2) is 6.86. The summed E-state index contributed by atoms with van der Waals surface area (Å²) in [5.74, 6) is 0.422. The predicted octanol–water partition coefficient (Wildman–Crippen LogP) is 1.61. The highest BCUT2D eigenvalue weighted by atomic mass is 16.5. The van der Waals surface area contributed by atoms with Gasteiger partial charge in [-0.15, -0.1) is 0 Å². The summed E-state index contributed by atoms with van der Waals surface area (Å²) < 4.78 is 11.2. The van der Waals surface area contributed by atoms with E-state index in [9.17, 15) is 9.59 Å². The number of nitriles is 1. The summed E-state index contributed by atoms with van der Waals surface area (Å²) in [5, 5.41) is 9.15. The minimum Gasteiger partial charge on any atom is -0.496 e.